The lowest BCUT2D eigenvalue weighted by atomic mass is 10.1. The number of amides is 1. The molecule has 2 N–H and O–H groups in total. The van der Waals surface area contributed by atoms with Crippen molar-refractivity contribution >= 4 is 28.1 Å². The van der Waals surface area contributed by atoms with Gasteiger partial charge >= 0.3 is 0 Å². The first kappa shape index (κ1) is 14.5. The van der Waals surface area contributed by atoms with E-state index >= 15 is 0 Å². The van der Waals surface area contributed by atoms with Crippen molar-refractivity contribution in [3.8, 4) is 0 Å². The van der Waals surface area contributed by atoms with Crippen LogP contribution in [0.2, 0.25) is 0 Å². The van der Waals surface area contributed by atoms with E-state index in [0.29, 0.717) is 10.8 Å². The summed E-state index contributed by atoms with van der Waals surface area (Å²) >= 11 is 1.42. The Kier molecular flexibility index (Phi) is 4.09. The maximum Gasteiger partial charge on any atom is 0.271 e. The highest BCUT2D eigenvalue weighted by Crippen LogP contribution is 2.21. The number of carbonyl (C=O) groups is 1. The molecule has 0 atom stereocenters. The van der Waals surface area contributed by atoms with Crippen LogP contribution in [0.25, 0.3) is 0 Å². The average Bonchev–Trinajstić information content (AvgIpc) is 2.79. The normalized spacial score (nSPS) is 11.2. The van der Waals surface area contributed by atoms with Gasteiger partial charge in [0, 0.05) is 16.6 Å². The van der Waals surface area contributed by atoms with Crippen molar-refractivity contribution in [1.82, 2.24) is 10.3 Å². The molecule has 106 valence electrons. The number of rotatable bonds is 3. The number of thiazole rings is 1. The molecule has 0 spiro atoms. The molecule has 4 nitrogen and oxygen atoms in total. The molecule has 1 aromatic heterocycles. The molecular weight excluding hydrogens is 270 g/mol. The van der Waals surface area contributed by atoms with Gasteiger partial charge in [-0.05, 0) is 39.8 Å². The van der Waals surface area contributed by atoms with Gasteiger partial charge in [0.15, 0.2) is 5.13 Å². The highest BCUT2D eigenvalue weighted by atomic mass is 32.1. The fourth-order valence-electron chi connectivity index (χ4n) is 1.60. The molecule has 5 heteroatoms. The van der Waals surface area contributed by atoms with Crippen LogP contribution in [0, 0.1) is 6.92 Å². The van der Waals surface area contributed by atoms with E-state index in [9.17, 15) is 4.79 Å². The summed E-state index contributed by atoms with van der Waals surface area (Å²) in [7, 11) is 0. The molecule has 0 unspecified atom stereocenters. The first-order valence-corrected chi connectivity index (χ1v) is 7.33. The Bertz CT molecular complexity index is 596. The first-order chi connectivity index (χ1) is 9.33. The Hall–Kier alpha value is -1.88. The maximum atomic E-state index is 12.0. The van der Waals surface area contributed by atoms with Gasteiger partial charge in [0.05, 0.1) is 0 Å². The van der Waals surface area contributed by atoms with E-state index in [1.54, 1.807) is 5.38 Å². The standard InChI is InChI=1S/C15H19N3OS/c1-10-5-7-11(8-6-10)16-14-17-12(9-20-14)13(19)18-15(2,3)4/h5-9H,1-4H3,(H,16,17)(H,18,19). The van der Waals surface area contributed by atoms with Crippen LogP contribution in [-0.4, -0.2) is 16.4 Å². The van der Waals surface area contributed by atoms with Crippen molar-refractivity contribution in [2.24, 2.45) is 0 Å². The fourth-order valence-corrected chi connectivity index (χ4v) is 2.31. The quantitative estimate of drug-likeness (QED) is 0.905. The van der Waals surface area contributed by atoms with Gasteiger partial charge in [0.2, 0.25) is 0 Å². The zero-order valence-corrected chi connectivity index (χ0v) is 13.0. The summed E-state index contributed by atoms with van der Waals surface area (Å²) in [6.07, 6.45) is 0. The molecule has 0 aliphatic heterocycles. The van der Waals surface area contributed by atoms with Crippen molar-refractivity contribution in [3.05, 3.63) is 40.9 Å². The SMILES string of the molecule is Cc1ccc(Nc2nc(C(=O)NC(C)(C)C)cs2)cc1. The maximum absolute atomic E-state index is 12.0. The second kappa shape index (κ2) is 5.63. The van der Waals surface area contributed by atoms with Gasteiger partial charge in [0.1, 0.15) is 5.69 Å². The van der Waals surface area contributed by atoms with Crippen LogP contribution in [0.5, 0.6) is 0 Å². The minimum atomic E-state index is -0.259. The van der Waals surface area contributed by atoms with Gasteiger partial charge in [-0.15, -0.1) is 11.3 Å². The second-order valence-electron chi connectivity index (χ2n) is 5.73. The minimum absolute atomic E-state index is 0.147. The molecule has 20 heavy (non-hydrogen) atoms. The Morgan fingerprint density at radius 3 is 2.45 bits per heavy atom. The summed E-state index contributed by atoms with van der Waals surface area (Å²) in [6, 6.07) is 8.05. The number of nitrogens with zero attached hydrogens (tertiary/aromatic N) is 1. The van der Waals surface area contributed by atoms with Crippen molar-refractivity contribution in [1.29, 1.82) is 0 Å². The third-order valence-corrected chi connectivity index (χ3v) is 3.29. The van der Waals surface area contributed by atoms with Crippen LogP contribution in [0.15, 0.2) is 29.6 Å². The van der Waals surface area contributed by atoms with E-state index in [-0.39, 0.29) is 11.4 Å². The van der Waals surface area contributed by atoms with Crippen molar-refractivity contribution in [3.63, 3.8) is 0 Å². The molecule has 0 aliphatic rings. The third-order valence-electron chi connectivity index (χ3n) is 2.53. The second-order valence-corrected chi connectivity index (χ2v) is 6.59. The lowest BCUT2D eigenvalue weighted by Crippen LogP contribution is -2.40. The van der Waals surface area contributed by atoms with Gasteiger partial charge in [-0.25, -0.2) is 4.98 Å². The predicted molar refractivity (Wildman–Crippen MR) is 83.8 cm³/mol. The predicted octanol–water partition coefficient (Wildman–Crippen LogP) is 3.72. The molecule has 0 saturated heterocycles. The Morgan fingerprint density at radius 1 is 1.20 bits per heavy atom. The zero-order chi connectivity index (χ0) is 14.8. The van der Waals surface area contributed by atoms with Crippen LogP contribution in [0.1, 0.15) is 36.8 Å². The zero-order valence-electron chi connectivity index (χ0n) is 12.2. The minimum Gasteiger partial charge on any atom is -0.346 e. The Morgan fingerprint density at radius 2 is 1.85 bits per heavy atom. The molecule has 2 rings (SSSR count). The number of aryl methyl sites for hydroxylation is 1. The van der Waals surface area contributed by atoms with Crippen molar-refractivity contribution in [2.45, 2.75) is 33.2 Å². The molecule has 1 heterocycles. The van der Waals surface area contributed by atoms with E-state index in [4.69, 9.17) is 0 Å². The molecule has 0 saturated carbocycles. The Labute approximate surface area is 123 Å². The lowest BCUT2D eigenvalue weighted by molar-refractivity contribution is 0.0915. The molecule has 0 radical (unpaired) electrons. The van der Waals surface area contributed by atoms with E-state index in [1.165, 1.54) is 16.9 Å². The van der Waals surface area contributed by atoms with E-state index in [1.807, 2.05) is 52.0 Å². The topological polar surface area (TPSA) is 54.0 Å². The van der Waals surface area contributed by atoms with Crippen LogP contribution in [0.3, 0.4) is 0 Å². The van der Waals surface area contributed by atoms with Crippen LogP contribution in [0.4, 0.5) is 10.8 Å². The van der Waals surface area contributed by atoms with Gasteiger partial charge < -0.3 is 10.6 Å². The van der Waals surface area contributed by atoms with E-state index in [2.05, 4.69) is 15.6 Å². The number of aromatic nitrogens is 1. The number of hydrogen-bond acceptors (Lipinski definition) is 4. The van der Waals surface area contributed by atoms with Crippen LogP contribution < -0.4 is 10.6 Å². The van der Waals surface area contributed by atoms with Gasteiger partial charge in [-0.3, -0.25) is 4.79 Å². The highest BCUT2D eigenvalue weighted by molar-refractivity contribution is 7.14. The number of hydrogen-bond donors (Lipinski definition) is 2. The van der Waals surface area contributed by atoms with Crippen molar-refractivity contribution in [2.75, 3.05) is 5.32 Å². The molecule has 0 bridgehead atoms. The van der Waals surface area contributed by atoms with E-state index in [0.717, 1.165) is 5.69 Å². The summed E-state index contributed by atoms with van der Waals surface area (Å²) in [5, 5.41) is 8.57. The molecule has 1 aromatic carbocycles. The summed E-state index contributed by atoms with van der Waals surface area (Å²) in [5.74, 6) is -0.147. The first-order valence-electron chi connectivity index (χ1n) is 6.45. The summed E-state index contributed by atoms with van der Waals surface area (Å²) < 4.78 is 0. The smallest absolute Gasteiger partial charge is 0.271 e. The van der Waals surface area contributed by atoms with Gasteiger partial charge in [0.25, 0.3) is 5.91 Å². The summed E-state index contributed by atoms with van der Waals surface area (Å²) in [4.78, 5) is 16.3. The molecule has 2 aromatic rings. The largest absolute Gasteiger partial charge is 0.346 e. The summed E-state index contributed by atoms with van der Waals surface area (Å²) in [5.41, 5.74) is 2.36. The van der Waals surface area contributed by atoms with Crippen LogP contribution in [-0.2, 0) is 0 Å². The highest BCUT2D eigenvalue weighted by Gasteiger charge is 2.17. The fraction of sp³-hybridized carbons (Fsp3) is 0.333. The number of benzene rings is 1. The van der Waals surface area contributed by atoms with Crippen LogP contribution >= 0.6 is 11.3 Å². The molecular formula is C15H19N3OS. The number of nitrogens with one attached hydrogen (secondary N) is 2. The van der Waals surface area contributed by atoms with E-state index < -0.39 is 0 Å². The van der Waals surface area contributed by atoms with Gasteiger partial charge in [-0.1, -0.05) is 17.7 Å². The number of anilines is 2. The lowest BCUT2D eigenvalue weighted by Gasteiger charge is -2.19. The Balaban J connectivity index is 2.05. The third kappa shape index (κ3) is 4.06. The summed E-state index contributed by atoms with van der Waals surface area (Å²) in [6.45, 7) is 7.89. The van der Waals surface area contributed by atoms with Gasteiger partial charge in [-0.2, -0.15) is 0 Å². The molecule has 0 aliphatic carbocycles. The monoisotopic (exact) mass is 289 g/mol. The number of carbonyl (C=O) groups excluding carboxylic acids is 1. The molecule has 1 amide bonds. The van der Waals surface area contributed by atoms with Crippen molar-refractivity contribution < 1.29 is 4.79 Å². The average molecular weight is 289 g/mol. The molecule has 0 fully saturated rings.